The van der Waals surface area contributed by atoms with Crippen LogP contribution in [0.1, 0.15) is 11.1 Å². The van der Waals surface area contributed by atoms with Crippen LogP contribution in [0, 0.1) is 13.8 Å². The van der Waals surface area contributed by atoms with Gasteiger partial charge in [0.05, 0.1) is 16.7 Å². The van der Waals surface area contributed by atoms with Crippen LogP contribution >= 0.6 is 15.9 Å². The monoisotopic (exact) mass is 427 g/mol. The van der Waals surface area contributed by atoms with Gasteiger partial charge in [-0.1, -0.05) is 52.3 Å². The van der Waals surface area contributed by atoms with E-state index in [1.54, 1.807) is 0 Å². The van der Waals surface area contributed by atoms with E-state index in [-0.39, 0.29) is 0 Å². The molecule has 4 heteroatoms. The highest BCUT2D eigenvalue weighted by molar-refractivity contribution is 9.10. The molecule has 5 rings (SSSR count). The SMILES string of the molecule is Cc1ccc(-n2nc(-c3ccc(Br)cc3)c3cnc4ccccc4c32)cc1C. The van der Waals surface area contributed by atoms with Crippen LogP contribution in [-0.4, -0.2) is 14.8 Å². The molecule has 0 saturated carbocycles. The molecule has 0 atom stereocenters. The summed E-state index contributed by atoms with van der Waals surface area (Å²) in [6.45, 7) is 4.27. The van der Waals surface area contributed by atoms with Crippen molar-refractivity contribution in [2.24, 2.45) is 0 Å². The first kappa shape index (κ1) is 17.1. The molecule has 5 aromatic rings. The average molecular weight is 428 g/mol. The summed E-state index contributed by atoms with van der Waals surface area (Å²) in [7, 11) is 0. The van der Waals surface area contributed by atoms with Gasteiger partial charge < -0.3 is 0 Å². The molecule has 28 heavy (non-hydrogen) atoms. The third-order valence-electron chi connectivity index (χ3n) is 5.27. The minimum Gasteiger partial charge on any atom is -0.255 e. The molecule has 0 bridgehead atoms. The second kappa shape index (κ2) is 6.57. The van der Waals surface area contributed by atoms with Crippen molar-refractivity contribution in [3.05, 3.63) is 88.5 Å². The Labute approximate surface area is 171 Å². The number of pyridine rings is 1. The number of hydrogen-bond donors (Lipinski definition) is 0. The summed E-state index contributed by atoms with van der Waals surface area (Å²) in [5.41, 5.74) is 7.68. The second-order valence-electron chi connectivity index (χ2n) is 7.07. The fraction of sp³-hybridized carbons (Fsp3) is 0.0833. The predicted octanol–water partition coefficient (Wildman–Crippen LogP) is 6.62. The van der Waals surface area contributed by atoms with E-state index in [9.17, 15) is 0 Å². The maximum absolute atomic E-state index is 5.04. The zero-order valence-electron chi connectivity index (χ0n) is 15.6. The predicted molar refractivity (Wildman–Crippen MR) is 119 cm³/mol. The van der Waals surface area contributed by atoms with E-state index in [1.165, 1.54) is 11.1 Å². The van der Waals surface area contributed by atoms with Crippen LogP contribution in [0.2, 0.25) is 0 Å². The topological polar surface area (TPSA) is 30.7 Å². The lowest BCUT2D eigenvalue weighted by atomic mass is 10.1. The van der Waals surface area contributed by atoms with Crippen LogP contribution in [-0.2, 0) is 0 Å². The van der Waals surface area contributed by atoms with Gasteiger partial charge in [-0.2, -0.15) is 5.10 Å². The first-order valence-corrected chi connectivity index (χ1v) is 10.0. The zero-order valence-corrected chi connectivity index (χ0v) is 17.2. The van der Waals surface area contributed by atoms with Crippen LogP contribution in [0.3, 0.4) is 0 Å². The fourth-order valence-corrected chi connectivity index (χ4v) is 3.86. The Morgan fingerprint density at radius 2 is 1.61 bits per heavy atom. The molecule has 0 saturated heterocycles. The maximum atomic E-state index is 5.04. The van der Waals surface area contributed by atoms with Gasteiger partial charge in [-0.05, 0) is 55.3 Å². The Hall–Kier alpha value is -2.98. The van der Waals surface area contributed by atoms with E-state index in [0.717, 1.165) is 43.2 Å². The van der Waals surface area contributed by atoms with Crippen LogP contribution < -0.4 is 0 Å². The van der Waals surface area contributed by atoms with Crippen molar-refractivity contribution in [1.82, 2.24) is 14.8 Å². The third kappa shape index (κ3) is 2.72. The Kier molecular flexibility index (Phi) is 4.02. The largest absolute Gasteiger partial charge is 0.255 e. The quantitative estimate of drug-likeness (QED) is 0.316. The lowest BCUT2D eigenvalue weighted by Crippen LogP contribution is -1.98. The number of aryl methyl sites for hydroxylation is 2. The maximum Gasteiger partial charge on any atom is 0.102 e. The molecular formula is C24H18BrN3. The minimum atomic E-state index is 0.944. The molecule has 0 radical (unpaired) electrons. The van der Waals surface area contributed by atoms with Crippen LogP contribution in [0.15, 0.2) is 77.4 Å². The molecule has 3 nitrogen and oxygen atoms in total. The summed E-state index contributed by atoms with van der Waals surface area (Å²) < 4.78 is 3.11. The summed E-state index contributed by atoms with van der Waals surface area (Å²) in [5.74, 6) is 0. The first-order chi connectivity index (χ1) is 13.6. The number of halogens is 1. The van der Waals surface area contributed by atoms with Gasteiger partial charge in [-0.15, -0.1) is 0 Å². The zero-order chi connectivity index (χ0) is 19.3. The molecule has 0 N–H and O–H groups in total. The molecule has 2 heterocycles. The number of nitrogens with zero attached hydrogens (tertiary/aromatic N) is 3. The smallest absolute Gasteiger partial charge is 0.102 e. The van der Waals surface area contributed by atoms with Gasteiger partial charge in [0.1, 0.15) is 5.69 Å². The molecule has 0 aliphatic heterocycles. The van der Waals surface area contributed by atoms with Crippen molar-refractivity contribution in [2.45, 2.75) is 13.8 Å². The van der Waals surface area contributed by atoms with Crippen molar-refractivity contribution in [3.63, 3.8) is 0 Å². The van der Waals surface area contributed by atoms with Gasteiger partial charge in [-0.25, -0.2) is 4.68 Å². The molecule has 3 aromatic carbocycles. The number of aromatic nitrogens is 3. The van der Waals surface area contributed by atoms with Gasteiger partial charge in [0.15, 0.2) is 0 Å². The van der Waals surface area contributed by atoms with Crippen LogP contribution in [0.25, 0.3) is 38.8 Å². The van der Waals surface area contributed by atoms with Gasteiger partial charge in [0.25, 0.3) is 0 Å². The van der Waals surface area contributed by atoms with E-state index in [1.807, 2.05) is 30.5 Å². The Morgan fingerprint density at radius 1 is 0.821 bits per heavy atom. The van der Waals surface area contributed by atoms with Crippen molar-refractivity contribution >= 4 is 37.7 Å². The highest BCUT2D eigenvalue weighted by Crippen LogP contribution is 2.34. The number of para-hydroxylation sites is 1. The molecule has 0 amide bonds. The second-order valence-corrected chi connectivity index (χ2v) is 7.99. The Balaban J connectivity index is 1.89. The Bertz CT molecular complexity index is 1330. The van der Waals surface area contributed by atoms with E-state index in [4.69, 9.17) is 5.10 Å². The average Bonchev–Trinajstić information content (AvgIpc) is 3.11. The summed E-state index contributed by atoms with van der Waals surface area (Å²) >= 11 is 3.52. The van der Waals surface area contributed by atoms with Crippen molar-refractivity contribution in [2.75, 3.05) is 0 Å². The van der Waals surface area contributed by atoms with E-state index >= 15 is 0 Å². The van der Waals surface area contributed by atoms with Crippen molar-refractivity contribution in [3.8, 4) is 16.9 Å². The lowest BCUT2D eigenvalue weighted by molar-refractivity contribution is 0.915. The molecular weight excluding hydrogens is 410 g/mol. The van der Waals surface area contributed by atoms with E-state index in [2.05, 4.69) is 81.9 Å². The molecule has 2 aromatic heterocycles. The molecule has 0 aliphatic carbocycles. The summed E-state index contributed by atoms with van der Waals surface area (Å²) in [6.07, 6.45) is 1.94. The van der Waals surface area contributed by atoms with Gasteiger partial charge in [0, 0.05) is 27.0 Å². The van der Waals surface area contributed by atoms with Crippen LogP contribution in [0.5, 0.6) is 0 Å². The summed E-state index contributed by atoms with van der Waals surface area (Å²) in [4.78, 5) is 4.69. The van der Waals surface area contributed by atoms with Crippen molar-refractivity contribution in [1.29, 1.82) is 0 Å². The first-order valence-electron chi connectivity index (χ1n) is 9.22. The fourth-order valence-electron chi connectivity index (χ4n) is 3.60. The van der Waals surface area contributed by atoms with E-state index < -0.39 is 0 Å². The molecule has 0 fully saturated rings. The minimum absolute atomic E-state index is 0.944. The van der Waals surface area contributed by atoms with Crippen molar-refractivity contribution < 1.29 is 0 Å². The molecule has 0 spiro atoms. The Morgan fingerprint density at radius 3 is 2.39 bits per heavy atom. The van der Waals surface area contributed by atoms with E-state index in [0.29, 0.717) is 0 Å². The third-order valence-corrected chi connectivity index (χ3v) is 5.80. The normalized spacial score (nSPS) is 11.4. The highest BCUT2D eigenvalue weighted by Gasteiger charge is 2.17. The molecule has 0 aliphatic rings. The lowest BCUT2D eigenvalue weighted by Gasteiger charge is -2.08. The van der Waals surface area contributed by atoms with Crippen LogP contribution in [0.4, 0.5) is 0 Å². The number of rotatable bonds is 2. The molecule has 0 unspecified atom stereocenters. The highest BCUT2D eigenvalue weighted by atomic mass is 79.9. The number of fused-ring (bicyclic) bond motifs is 3. The number of benzene rings is 3. The molecule has 136 valence electrons. The number of hydrogen-bond acceptors (Lipinski definition) is 2. The van der Waals surface area contributed by atoms with Gasteiger partial charge in [0.2, 0.25) is 0 Å². The van der Waals surface area contributed by atoms with Gasteiger partial charge >= 0.3 is 0 Å². The summed E-state index contributed by atoms with van der Waals surface area (Å²) in [6, 6.07) is 23.0. The standard InChI is InChI=1S/C24H18BrN3/c1-15-7-12-19(13-16(15)2)28-24-20-5-3-4-6-22(20)26-14-21(24)23(27-28)17-8-10-18(25)11-9-17/h3-14H,1-2H3. The van der Waals surface area contributed by atoms with Gasteiger partial charge in [-0.3, -0.25) is 4.98 Å². The summed E-state index contributed by atoms with van der Waals surface area (Å²) in [5, 5.41) is 7.20.